The van der Waals surface area contributed by atoms with Crippen LogP contribution < -0.4 is 27.0 Å². The summed E-state index contributed by atoms with van der Waals surface area (Å²) in [6, 6.07) is -1.15. The van der Waals surface area contributed by atoms with Gasteiger partial charge < -0.3 is 101 Å². The predicted molar refractivity (Wildman–Crippen MR) is 229 cm³/mol. The summed E-state index contributed by atoms with van der Waals surface area (Å²) in [5.74, 6) is -8.33. The first-order valence-electron chi connectivity index (χ1n) is 22.9. The summed E-state index contributed by atoms with van der Waals surface area (Å²) >= 11 is 0. The van der Waals surface area contributed by atoms with Crippen LogP contribution in [-0.2, 0) is 66.7 Å². The van der Waals surface area contributed by atoms with Crippen LogP contribution in [0.2, 0.25) is 0 Å². The van der Waals surface area contributed by atoms with E-state index in [2.05, 4.69) is 21.3 Å². The number of hydrogen-bond donors (Lipinski definition) is 12. The Labute approximate surface area is 397 Å². The molecule has 5 rings (SSSR count). The molecule has 5 amide bonds. The Hall–Kier alpha value is -4.74. The highest BCUT2D eigenvalue weighted by Crippen LogP contribution is 2.56. The molecule has 26 heteroatoms. The molecule has 2 saturated heterocycles. The van der Waals surface area contributed by atoms with Gasteiger partial charge in [-0.25, -0.2) is 4.79 Å². The smallest absolute Gasteiger partial charge is 0.335 e. The molecule has 4 heterocycles. The van der Waals surface area contributed by atoms with E-state index in [-0.39, 0.29) is 43.4 Å². The number of hydrogen-bond acceptors (Lipinski definition) is 20. The van der Waals surface area contributed by atoms with Crippen LogP contribution in [-0.4, -0.2) is 182 Å². The molecule has 16 atom stereocenters. The number of carbonyl (C=O) groups excluding carboxylic acids is 5. The molecule has 69 heavy (non-hydrogen) atoms. The highest BCUT2D eigenvalue weighted by atomic mass is 16.8. The van der Waals surface area contributed by atoms with E-state index >= 15 is 0 Å². The van der Waals surface area contributed by atoms with Gasteiger partial charge in [-0.2, -0.15) is 0 Å². The molecule has 0 aromatic heterocycles. The number of nitrogens with two attached hydrogens (primary N) is 1. The van der Waals surface area contributed by atoms with Gasteiger partial charge in [-0.15, -0.1) is 0 Å². The van der Waals surface area contributed by atoms with E-state index < -0.39 is 145 Å². The topological polar surface area (TPSA) is 392 Å². The molecule has 0 aromatic rings. The van der Waals surface area contributed by atoms with Crippen molar-refractivity contribution in [2.24, 2.45) is 11.7 Å². The fourth-order valence-electron chi connectivity index (χ4n) is 8.79. The first-order chi connectivity index (χ1) is 32.5. The van der Waals surface area contributed by atoms with Gasteiger partial charge in [0.15, 0.2) is 23.8 Å². The lowest BCUT2D eigenvalue weighted by atomic mass is 9.90. The largest absolute Gasteiger partial charge is 0.479 e. The molecular weight excluding hydrogens is 922 g/mol. The first-order valence-corrected chi connectivity index (χ1v) is 22.9. The minimum absolute atomic E-state index is 0.0471. The molecule has 0 bridgehead atoms. The maximum atomic E-state index is 12.9. The fraction of sp³-hybridized carbons (Fsp3) is 0.767. The van der Waals surface area contributed by atoms with Crippen molar-refractivity contribution in [1.29, 1.82) is 0 Å². The van der Waals surface area contributed by atoms with Crippen LogP contribution in [0.4, 0.5) is 0 Å². The van der Waals surface area contributed by atoms with Crippen molar-refractivity contribution < 1.29 is 102 Å². The van der Waals surface area contributed by atoms with Crippen LogP contribution in [0.3, 0.4) is 0 Å². The zero-order valence-corrected chi connectivity index (χ0v) is 39.3. The average Bonchev–Trinajstić information content (AvgIpc) is 3.87. The van der Waals surface area contributed by atoms with E-state index in [0.29, 0.717) is 38.6 Å². The van der Waals surface area contributed by atoms with E-state index in [0.717, 1.165) is 6.92 Å². The minimum Gasteiger partial charge on any atom is -0.479 e. The van der Waals surface area contributed by atoms with Crippen LogP contribution >= 0.6 is 0 Å². The maximum Gasteiger partial charge on any atom is 0.335 e. The summed E-state index contributed by atoms with van der Waals surface area (Å²) in [6.07, 6.45) is -17.4. The normalized spacial score (nSPS) is 36.3. The molecular formula is C43H67N5O21. The molecule has 0 spiro atoms. The number of primary amides is 1. The molecule has 1 aliphatic carbocycles. The third-order valence-electron chi connectivity index (χ3n) is 12.2. The summed E-state index contributed by atoms with van der Waals surface area (Å²) in [5, 5.41) is 87.4. The van der Waals surface area contributed by atoms with E-state index in [4.69, 9.17) is 43.6 Å². The minimum atomic E-state index is -2.18. The average molecular weight is 990 g/mol. The van der Waals surface area contributed by atoms with Gasteiger partial charge in [0.2, 0.25) is 42.1 Å². The molecule has 5 aliphatic rings. The predicted octanol–water partition coefficient (Wildman–Crippen LogP) is -3.45. The molecule has 3 fully saturated rings. The lowest BCUT2D eigenvalue weighted by Crippen LogP contribution is -2.63. The van der Waals surface area contributed by atoms with Crippen molar-refractivity contribution in [1.82, 2.24) is 21.3 Å². The molecule has 13 N–H and O–H groups in total. The molecule has 4 aliphatic heterocycles. The summed E-state index contributed by atoms with van der Waals surface area (Å²) in [6.45, 7) is 7.40. The summed E-state index contributed by atoms with van der Waals surface area (Å²) in [5.41, 5.74) is 2.56. The monoisotopic (exact) mass is 989 g/mol. The lowest BCUT2D eigenvalue weighted by molar-refractivity contribution is -0.352. The summed E-state index contributed by atoms with van der Waals surface area (Å²) in [7, 11) is 0. The SMILES string of the molecule is CC(=O)NC1=C(O[C@@H]2OC(C(=O)O)[C@@H](O)C(O)C2OC23OC(C)[C@@H](O)C(O)C2[C@@H]3NC(C)=O)[C@H](O)C(C)O[C@H]1OC1(CO)CC(C)OC(OCCCCCNC(=O)CCCCC(N)=O)=C1NC(C)=O. The van der Waals surface area contributed by atoms with Crippen molar-refractivity contribution in [3.05, 3.63) is 23.1 Å². The van der Waals surface area contributed by atoms with Crippen LogP contribution in [0.15, 0.2) is 23.1 Å². The van der Waals surface area contributed by atoms with Crippen molar-refractivity contribution in [3.63, 3.8) is 0 Å². The van der Waals surface area contributed by atoms with Gasteiger partial charge in [-0.3, -0.25) is 24.0 Å². The number of carboxylic acids is 1. The maximum absolute atomic E-state index is 12.9. The Morgan fingerprint density at radius 2 is 1.48 bits per heavy atom. The Morgan fingerprint density at radius 1 is 0.797 bits per heavy atom. The Morgan fingerprint density at radius 3 is 2.10 bits per heavy atom. The highest BCUT2D eigenvalue weighted by Gasteiger charge is 2.77. The number of aliphatic hydroxyl groups is 6. The van der Waals surface area contributed by atoms with Gasteiger partial charge in [-0.1, -0.05) is 0 Å². The van der Waals surface area contributed by atoms with Gasteiger partial charge in [0, 0.05) is 46.6 Å². The Bertz CT molecular complexity index is 1960. The van der Waals surface area contributed by atoms with Crippen molar-refractivity contribution in [2.45, 2.75) is 184 Å². The zero-order chi connectivity index (χ0) is 51.1. The number of carboxylic acid groups (broad SMARTS) is 1. The van der Waals surface area contributed by atoms with Gasteiger partial charge in [0.25, 0.3) is 0 Å². The summed E-state index contributed by atoms with van der Waals surface area (Å²) < 4.78 is 48.7. The second-order valence-electron chi connectivity index (χ2n) is 17.9. The first kappa shape index (κ1) is 55.2. The second kappa shape index (κ2) is 23.4. The molecule has 390 valence electrons. The van der Waals surface area contributed by atoms with E-state index in [9.17, 15) is 64.5 Å². The zero-order valence-electron chi connectivity index (χ0n) is 39.3. The van der Waals surface area contributed by atoms with Crippen LogP contribution in [0.1, 0.15) is 92.9 Å². The highest BCUT2D eigenvalue weighted by molar-refractivity contribution is 5.77. The van der Waals surface area contributed by atoms with Gasteiger partial charge >= 0.3 is 11.9 Å². The molecule has 0 radical (unpaired) electrons. The van der Waals surface area contributed by atoms with Crippen molar-refractivity contribution in [2.75, 3.05) is 19.8 Å². The van der Waals surface area contributed by atoms with Gasteiger partial charge in [0.05, 0.1) is 43.5 Å². The number of rotatable bonds is 23. The number of aliphatic carboxylic acids is 1. The number of amides is 5. The van der Waals surface area contributed by atoms with E-state index in [1.165, 1.54) is 27.7 Å². The molecule has 10 unspecified atom stereocenters. The summed E-state index contributed by atoms with van der Waals surface area (Å²) in [4.78, 5) is 73.2. The van der Waals surface area contributed by atoms with Crippen molar-refractivity contribution in [3.8, 4) is 0 Å². The molecule has 26 nitrogen and oxygen atoms in total. The number of ether oxygens (including phenoxy) is 8. The van der Waals surface area contributed by atoms with Crippen LogP contribution in [0, 0.1) is 5.92 Å². The van der Waals surface area contributed by atoms with Crippen molar-refractivity contribution >= 4 is 35.5 Å². The number of carbonyl (C=O) groups is 6. The van der Waals surface area contributed by atoms with Gasteiger partial charge in [-0.05, 0) is 52.9 Å². The lowest BCUT2D eigenvalue weighted by Gasteiger charge is -2.46. The third kappa shape index (κ3) is 13.0. The molecule has 0 aromatic carbocycles. The number of aliphatic hydroxyl groups excluding tert-OH is 6. The van der Waals surface area contributed by atoms with Crippen LogP contribution in [0.5, 0.6) is 0 Å². The molecule has 1 saturated carbocycles. The van der Waals surface area contributed by atoms with E-state index in [1.807, 2.05) is 0 Å². The standard InChI is InChI=1S/C43H67N5O21/c1-18-16-42(17-49,37(48-23(6)52)41(63-18)62-15-11-7-10-14-45-25(54)13-9-8-12-24(44)53)69-39-27(46-21(4)50)33(29(56)19(2)64-39)65-40-35(32(59)31(58)34(66-40)38(60)61)68-43-26(36(43)47-22(5)51)30(57)28(55)20(3)67-43/h18-20,26,28-32,34-36,39-40,49,55-59H,7-17H2,1-6H3,(H2,44,53)(H,45,54)(H,46,50)(H,47,51)(H,48,52)(H,60,61)/t18?,19?,20?,26?,28-,29-,30?,31+,32?,34?,35?,36+,39+,40-,42?,43?/m1/s1. The Balaban J connectivity index is 1.43. The quantitative estimate of drug-likeness (QED) is 0.0443. The fourth-order valence-corrected chi connectivity index (χ4v) is 8.79. The number of unbranched alkanes of at least 4 members (excludes halogenated alkanes) is 3. The van der Waals surface area contributed by atoms with Crippen LogP contribution in [0.25, 0.3) is 0 Å². The van der Waals surface area contributed by atoms with Gasteiger partial charge in [0.1, 0.15) is 47.5 Å². The number of nitrogens with one attached hydrogen (secondary N) is 4. The Kier molecular flexibility index (Phi) is 18.8. The second-order valence-corrected chi connectivity index (χ2v) is 17.9. The third-order valence-corrected chi connectivity index (χ3v) is 12.2. The van der Waals surface area contributed by atoms with E-state index in [1.54, 1.807) is 6.92 Å². The number of fused-ring (bicyclic) bond motifs is 1.